The number of nitrogens with one attached hydrogen (secondary N) is 2. The fourth-order valence-electron chi connectivity index (χ4n) is 1.56. The number of hydrogen-bond acceptors (Lipinski definition) is 4. The highest BCUT2D eigenvalue weighted by Gasteiger charge is 2.03. The van der Waals surface area contributed by atoms with Crippen LogP contribution in [0.5, 0.6) is 0 Å². The molecule has 0 fully saturated rings. The summed E-state index contributed by atoms with van der Waals surface area (Å²) in [5.74, 6) is 0.668. The molecule has 2 aromatic heterocycles. The third kappa shape index (κ3) is 3.27. The molecule has 0 unspecified atom stereocenters. The molecule has 0 aliphatic carbocycles. The Hall–Kier alpha value is -1.91. The second-order valence-corrected chi connectivity index (χ2v) is 3.86. The summed E-state index contributed by atoms with van der Waals surface area (Å²) in [6.07, 6.45) is 7.12. The van der Waals surface area contributed by atoms with Gasteiger partial charge in [-0.25, -0.2) is 9.97 Å². The number of hydrogen-bond donors (Lipinski definition) is 2. The van der Waals surface area contributed by atoms with Crippen molar-refractivity contribution in [3.8, 4) is 11.4 Å². The number of unbranched alkanes of at least 4 members (excludes halogenated alkanes) is 2. The van der Waals surface area contributed by atoms with Gasteiger partial charge in [0.25, 0.3) is 0 Å². The normalized spacial score (nSPS) is 10.4. The zero-order valence-corrected chi connectivity index (χ0v) is 9.98. The van der Waals surface area contributed by atoms with Crippen molar-refractivity contribution < 1.29 is 0 Å². The van der Waals surface area contributed by atoms with E-state index in [1.54, 1.807) is 12.4 Å². The van der Waals surface area contributed by atoms with Crippen molar-refractivity contribution >= 4 is 5.95 Å². The Bertz CT molecular complexity index is 438. The molecule has 0 radical (unpaired) electrons. The summed E-state index contributed by atoms with van der Waals surface area (Å²) in [4.78, 5) is 8.59. The van der Waals surface area contributed by atoms with Crippen LogP contribution in [-0.4, -0.2) is 26.7 Å². The Morgan fingerprint density at radius 3 is 2.94 bits per heavy atom. The lowest BCUT2D eigenvalue weighted by Gasteiger charge is -2.04. The second kappa shape index (κ2) is 5.98. The highest BCUT2D eigenvalue weighted by atomic mass is 15.1. The van der Waals surface area contributed by atoms with E-state index in [0.29, 0.717) is 5.95 Å². The lowest BCUT2D eigenvalue weighted by Crippen LogP contribution is -2.05. The summed E-state index contributed by atoms with van der Waals surface area (Å²) in [6, 6.07) is 3.75. The van der Waals surface area contributed by atoms with Crippen LogP contribution in [0.4, 0.5) is 5.95 Å². The van der Waals surface area contributed by atoms with Gasteiger partial charge in [-0.3, -0.25) is 5.10 Å². The zero-order valence-electron chi connectivity index (χ0n) is 9.98. The molecule has 90 valence electrons. The third-order valence-corrected chi connectivity index (χ3v) is 2.48. The van der Waals surface area contributed by atoms with E-state index in [2.05, 4.69) is 32.4 Å². The number of anilines is 1. The molecule has 5 nitrogen and oxygen atoms in total. The summed E-state index contributed by atoms with van der Waals surface area (Å²) >= 11 is 0. The lowest BCUT2D eigenvalue weighted by atomic mass is 10.2. The maximum absolute atomic E-state index is 4.41. The van der Waals surface area contributed by atoms with E-state index in [-0.39, 0.29) is 0 Å². The monoisotopic (exact) mass is 231 g/mol. The minimum absolute atomic E-state index is 0.668. The van der Waals surface area contributed by atoms with Gasteiger partial charge in [0.15, 0.2) is 0 Å². The third-order valence-electron chi connectivity index (χ3n) is 2.48. The Balaban J connectivity index is 1.97. The molecule has 2 heterocycles. The van der Waals surface area contributed by atoms with Crippen molar-refractivity contribution in [2.45, 2.75) is 26.2 Å². The van der Waals surface area contributed by atoms with Crippen molar-refractivity contribution in [2.75, 3.05) is 11.9 Å². The van der Waals surface area contributed by atoms with Crippen LogP contribution < -0.4 is 5.32 Å². The molecule has 2 rings (SSSR count). The largest absolute Gasteiger partial charge is 0.354 e. The Labute approximate surface area is 101 Å². The van der Waals surface area contributed by atoms with E-state index < -0.39 is 0 Å². The molecular formula is C12H17N5. The molecule has 17 heavy (non-hydrogen) atoms. The van der Waals surface area contributed by atoms with Crippen molar-refractivity contribution in [1.29, 1.82) is 0 Å². The summed E-state index contributed by atoms with van der Waals surface area (Å²) in [7, 11) is 0. The zero-order chi connectivity index (χ0) is 11.9. The average Bonchev–Trinajstić information content (AvgIpc) is 2.89. The van der Waals surface area contributed by atoms with E-state index >= 15 is 0 Å². The van der Waals surface area contributed by atoms with Gasteiger partial charge in [-0.1, -0.05) is 19.8 Å². The van der Waals surface area contributed by atoms with Crippen molar-refractivity contribution in [2.24, 2.45) is 0 Å². The van der Waals surface area contributed by atoms with E-state index in [1.165, 1.54) is 12.8 Å². The van der Waals surface area contributed by atoms with Crippen molar-refractivity contribution in [3.63, 3.8) is 0 Å². The molecule has 0 bridgehead atoms. The van der Waals surface area contributed by atoms with Gasteiger partial charge >= 0.3 is 0 Å². The van der Waals surface area contributed by atoms with Gasteiger partial charge < -0.3 is 5.32 Å². The molecule has 0 aromatic carbocycles. The molecule has 2 N–H and O–H groups in total. The van der Waals surface area contributed by atoms with Gasteiger partial charge in [0.1, 0.15) is 5.69 Å². The van der Waals surface area contributed by atoms with Gasteiger partial charge in [-0.05, 0) is 18.6 Å². The molecule has 0 amide bonds. The highest BCUT2D eigenvalue weighted by molar-refractivity contribution is 5.54. The summed E-state index contributed by atoms with van der Waals surface area (Å²) < 4.78 is 0. The van der Waals surface area contributed by atoms with E-state index in [1.807, 2.05) is 12.1 Å². The first kappa shape index (κ1) is 11.6. The van der Waals surface area contributed by atoms with E-state index in [4.69, 9.17) is 0 Å². The minimum Gasteiger partial charge on any atom is -0.354 e. The molecule has 0 atom stereocenters. The van der Waals surface area contributed by atoms with Gasteiger partial charge in [0.2, 0.25) is 5.95 Å². The van der Waals surface area contributed by atoms with Crippen LogP contribution in [0.2, 0.25) is 0 Å². The van der Waals surface area contributed by atoms with Crippen molar-refractivity contribution in [3.05, 3.63) is 24.5 Å². The molecule has 0 spiro atoms. The fraction of sp³-hybridized carbons (Fsp3) is 0.417. The number of aromatic nitrogens is 4. The van der Waals surface area contributed by atoms with Crippen LogP contribution in [-0.2, 0) is 0 Å². The predicted octanol–water partition coefficient (Wildman–Crippen LogP) is 2.47. The Morgan fingerprint density at radius 2 is 2.18 bits per heavy atom. The van der Waals surface area contributed by atoms with Crippen LogP contribution >= 0.6 is 0 Å². The van der Waals surface area contributed by atoms with Crippen LogP contribution in [0.25, 0.3) is 11.4 Å². The van der Waals surface area contributed by atoms with Crippen molar-refractivity contribution in [1.82, 2.24) is 20.2 Å². The van der Waals surface area contributed by atoms with Crippen LogP contribution in [0.1, 0.15) is 26.2 Å². The second-order valence-electron chi connectivity index (χ2n) is 3.86. The van der Waals surface area contributed by atoms with Crippen LogP contribution in [0.15, 0.2) is 24.5 Å². The first-order valence-electron chi connectivity index (χ1n) is 5.97. The Kier molecular flexibility index (Phi) is 4.07. The first-order valence-corrected chi connectivity index (χ1v) is 5.97. The molecule has 0 saturated heterocycles. The molecule has 0 aliphatic rings. The SMILES string of the molecule is CCCCCNc1nccc(-c2cc[nH]n2)n1. The molecular weight excluding hydrogens is 214 g/mol. The molecule has 2 aromatic rings. The smallest absolute Gasteiger partial charge is 0.223 e. The Morgan fingerprint density at radius 1 is 1.24 bits per heavy atom. The average molecular weight is 231 g/mol. The predicted molar refractivity (Wildman–Crippen MR) is 67.6 cm³/mol. The maximum atomic E-state index is 4.41. The van der Waals surface area contributed by atoms with E-state index in [9.17, 15) is 0 Å². The van der Waals surface area contributed by atoms with Crippen LogP contribution in [0.3, 0.4) is 0 Å². The van der Waals surface area contributed by atoms with Gasteiger partial charge in [0.05, 0.1) is 5.69 Å². The first-order chi connectivity index (χ1) is 8.40. The number of H-pyrrole nitrogens is 1. The van der Waals surface area contributed by atoms with Gasteiger partial charge in [0, 0.05) is 18.9 Å². The van der Waals surface area contributed by atoms with Gasteiger partial charge in [-0.15, -0.1) is 0 Å². The lowest BCUT2D eigenvalue weighted by molar-refractivity contribution is 0.740. The summed E-state index contributed by atoms with van der Waals surface area (Å²) in [6.45, 7) is 3.10. The summed E-state index contributed by atoms with van der Waals surface area (Å²) in [5, 5.41) is 10.1. The quantitative estimate of drug-likeness (QED) is 0.749. The van der Waals surface area contributed by atoms with Gasteiger partial charge in [-0.2, -0.15) is 5.10 Å². The number of nitrogens with zero attached hydrogens (tertiary/aromatic N) is 3. The molecule has 0 saturated carbocycles. The standard InChI is InChI=1S/C12H17N5/c1-2-3-4-7-13-12-14-8-5-10(16-12)11-6-9-15-17-11/h5-6,8-9H,2-4,7H2,1H3,(H,15,17)(H,13,14,16). The topological polar surface area (TPSA) is 66.5 Å². The van der Waals surface area contributed by atoms with E-state index in [0.717, 1.165) is 24.4 Å². The summed E-state index contributed by atoms with van der Waals surface area (Å²) in [5.41, 5.74) is 1.67. The maximum Gasteiger partial charge on any atom is 0.223 e. The number of rotatable bonds is 6. The number of aromatic amines is 1. The molecule has 0 aliphatic heterocycles. The molecule has 5 heteroatoms. The van der Waals surface area contributed by atoms with Crippen LogP contribution in [0, 0.1) is 0 Å². The minimum atomic E-state index is 0.668. The highest BCUT2D eigenvalue weighted by Crippen LogP contribution is 2.13. The fourth-order valence-corrected chi connectivity index (χ4v) is 1.56.